The minimum Gasteiger partial charge on any atom is -0.369 e. The van der Waals surface area contributed by atoms with Crippen molar-refractivity contribution in [2.75, 3.05) is 13.1 Å². The number of hydrogen-bond acceptors (Lipinski definition) is 4. The number of amides is 2. The number of halogens is 1. The van der Waals surface area contributed by atoms with E-state index in [1.807, 2.05) is 35.4 Å². The van der Waals surface area contributed by atoms with E-state index in [1.165, 1.54) is 12.1 Å². The summed E-state index contributed by atoms with van der Waals surface area (Å²) in [6.45, 7) is 2.96. The molecule has 0 spiro atoms. The summed E-state index contributed by atoms with van der Waals surface area (Å²) < 4.78 is 18.8. The van der Waals surface area contributed by atoms with E-state index in [9.17, 15) is 14.0 Å². The van der Waals surface area contributed by atoms with Crippen molar-refractivity contribution in [1.29, 1.82) is 0 Å². The highest BCUT2D eigenvalue weighted by Gasteiger charge is 2.32. The molecule has 3 N–H and O–H groups in total. The summed E-state index contributed by atoms with van der Waals surface area (Å²) in [4.78, 5) is 30.6. The number of nitrogens with two attached hydrogens (primary N) is 1. The van der Waals surface area contributed by atoms with Gasteiger partial charge in [-0.2, -0.15) is 0 Å². The van der Waals surface area contributed by atoms with E-state index in [2.05, 4.69) is 10.1 Å². The molecule has 0 bridgehead atoms. The lowest BCUT2D eigenvalue weighted by atomic mass is 9.86. The second-order valence-corrected chi connectivity index (χ2v) is 9.61. The predicted octanol–water partition coefficient (Wildman–Crippen LogP) is 4.52. The number of nitrogens with zero attached hydrogens (tertiary/aromatic N) is 2. The minimum atomic E-state index is -0.395. The van der Waals surface area contributed by atoms with Gasteiger partial charge in [0.1, 0.15) is 5.82 Å². The molecule has 0 saturated carbocycles. The molecule has 2 amide bonds. The molecule has 2 atom stereocenters. The maximum atomic E-state index is 13.6. The third-order valence-corrected chi connectivity index (χ3v) is 7.27. The molecule has 3 heterocycles. The number of primary amides is 1. The van der Waals surface area contributed by atoms with Crippen LogP contribution in [0.2, 0.25) is 0 Å². The lowest BCUT2D eigenvalue weighted by molar-refractivity contribution is -0.137. The number of carbonyl (C=O) groups is 2. The molecule has 0 radical (unpaired) electrons. The van der Waals surface area contributed by atoms with Gasteiger partial charge >= 0.3 is 0 Å². The van der Waals surface area contributed by atoms with Crippen LogP contribution < -0.4 is 5.73 Å². The van der Waals surface area contributed by atoms with E-state index in [0.717, 1.165) is 40.4 Å². The van der Waals surface area contributed by atoms with Crippen LogP contribution in [0.15, 0.2) is 53.2 Å². The summed E-state index contributed by atoms with van der Waals surface area (Å²) >= 11 is 0. The number of carbonyl (C=O) groups excluding carboxylic acids is 2. The van der Waals surface area contributed by atoms with Crippen LogP contribution in [0, 0.1) is 17.7 Å². The van der Waals surface area contributed by atoms with Gasteiger partial charge in [-0.3, -0.25) is 9.59 Å². The highest BCUT2D eigenvalue weighted by molar-refractivity contribution is 5.86. The average Bonchev–Trinajstić information content (AvgIpc) is 3.47. The quantitative estimate of drug-likeness (QED) is 0.409. The number of rotatable bonds is 7. The van der Waals surface area contributed by atoms with Crippen LogP contribution in [0.4, 0.5) is 4.39 Å². The SMILES string of the molecule is CC(CC(Cc1c[nH]c2ccccc12)C(=O)N1CCC(c2noc3cc(F)ccc23)CC1)C(N)=O. The molecule has 7 nitrogen and oxygen atoms in total. The first-order valence-electron chi connectivity index (χ1n) is 12.1. The van der Waals surface area contributed by atoms with E-state index in [1.54, 1.807) is 13.0 Å². The summed E-state index contributed by atoms with van der Waals surface area (Å²) in [5.41, 5.74) is 8.90. The van der Waals surface area contributed by atoms with Crippen LogP contribution in [0.3, 0.4) is 0 Å². The lowest BCUT2D eigenvalue weighted by Crippen LogP contribution is -2.43. The lowest BCUT2D eigenvalue weighted by Gasteiger charge is -2.34. The number of H-pyrrole nitrogens is 1. The molecule has 182 valence electrons. The number of piperidine rings is 1. The molecule has 0 aliphatic carbocycles. The van der Waals surface area contributed by atoms with Crippen molar-refractivity contribution in [3.63, 3.8) is 0 Å². The van der Waals surface area contributed by atoms with E-state index >= 15 is 0 Å². The van der Waals surface area contributed by atoms with Crippen LogP contribution in [-0.2, 0) is 16.0 Å². The maximum absolute atomic E-state index is 13.6. The van der Waals surface area contributed by atoms with Gasteiger partial charge in [0, 0.05) is 59.4 Å². The minimum absolute atomic E-state index is 0.0499. The Morgan fingerprint density at radius 1 is 1.20 bits per heavy atom. The second kappa shape index (κ2) is 9.52. The zero-order chi connectivity index (χ0) is 24.5. The van der Waals surface area contributed by atoms with E-state index in [-0.39, 0.29) is 23.6 Å². The van der Waals surface area contributed by atoms with Gasteiger partial charge in [-0.1, -0.05) is 30.3 Å². The summed E-state index contributed by atoms with van der Waals surface area (Å²) in [5, 5.41) is 6.11. The zero-order valence-corrected chi connectivity index (χ0v) is 19.7. The van der Waals surface area contributed by atoms with Crippen LogP contribution in [0.1, 0.15) is 43.4 Å². The molecule has 1 saturated heterocycles. The molecule has 5 rings (SSSR count). The zero-order valence-electron chi connectivity index (χ0n) is 19.7. The number of likely N-dealkylation sites (tertiary alicyclic amines) is 1. The fourth-order valence-corrected chi connectivity index (χ4v) is 5.24. The Hall–Kier alpha value is -3.68. The van der Waals surface area contributed by atoms with Gasteiger partial charge in [0.15, 0.2) is 5.58 Å². The number of para-hydroxylation sites is 1. The third kappa shape index (κ3) is 4.65. The number of aromatic nitrogens is 2. The van der Waals surface area contributed by atoms with Crippen molar-refractivity contribution in [3.05, 3.63) is 65.7 Å². The van der Waals surface area contributed by atoms with Gasteiger partial charge in [0.05, 0.1) is 5.69 Å². The summed E-state index contributed by atoms with van der Waals surface area (Å²) in [5.74, 6) is -1.30. The first kappa shape index (κ1) is 23.1. The van der Waals surface area contributed by atoms with Gasteiger partial charge in [-0.15, -0.1) is 0 Å². The van der Waals surface area contributed by atoms with Crippen LogP contribution in [-0.4, -0.2) is 39.9 Å². The molecule has 2 unspecified atom stereocenters. The molecule has 8 heteroatoms. The first-order valence-corrected chi connectivity index (χ1v) is 12.1. The van der Waals surface area contributed by atoms with Gasteiger partial charge in [-0.25, -0.2) is 4.39 Å². The van der Waals surface area contributed by atoms with Gasteiger partial charge in [-0.05, 0) is 49.4 Å². The molecule has 4 aromatic rings. The van der Waals surface area contributed by atoms with Gasteiger partial charge in [0.2, 0.25) is 11.8 Å². The molecule has 1 aliphatic rings. The van der Waals surface area contributed by atoms with Crippen molar-refractivity contribution in [3.8, 4) is 0 Å². The Morgan fingerprint density at radius 2 is 1.97 bits per heavy atom. The third-order valence-electron chi connectivity index (χ3n) is 7.27. The van der Waals surface area contributed by atoms with Crippen molar-refractivity contribution in [1.82, 2.24) is 15.0 Å². The molecular formula is C27H29FN4O3. The van der Waals surface area contributed by atoms with Crippen molar-refractivity contribution < 1.29 is 18.5 Å². The number of benzene rings is 2. The smallest absolute Gasteiger partial charge is 0.226 e. The molecule has 2 aromatic carbocycles. The monoisotopic (exact) mass is 476 g/mol. The molecule has 1 fully saturated rings. The number of aromatic amines is 1. The maximum Gasteiger partial charge on any atom is 0.226 e. The topological polar surface area (TPSA) is 105 Å². The van der Waals surface area contributed by atoms with Crippen LogP contribution >= 0.6 is 0 Å². The average molecular weight is 477 g/mol. The Labute approximate surface area is 202 Å². The van der Waals surface area contributed by atoms with Crippen LogP contribution in [0.25, 0.3) is 21.9 Å². The fraction of sp³-hybridized carbons (Fsp3) is 0.370. The predicted molar refractivity (Wildman–Crippen MR) is 131 cm³/mol. The standard InChI is InChI=1S/C27H29FN4O3/c1-16(26(29)33)12-18(13-19-15-30-23-5-3-2-4-21(19)23)27(34)32-10-8-17(9-11-32)25-22-7-6-20(28)14-24(22)35-31-25/h2-7,14-18,30H,8-13H2,1H3,(H2,29,33). The van der Waals surface area contributed by atoms with E-state index in [0.29, 0.717) is 31.5 Å². The summed E-state index contributed by atoms with van der Waals surface area (Å²) in [7, 11) is 0. The molecule has 1 aliphatic heterocycles. The largest absolute Gasteiger partial charge is 0.369 e. The van der Waals surface area contributed by atoms with Gasteiger partial charge < -0.3 is 20.1 Å². The Kier molecular flexibility index (Phi) is 6.28. The Balaban J connectivity index is 1.31. The van der Waals surface area contributed by atoms with E-state index < -0.39 is 11.8 Å². The van der Waals surface area contributed by atoms with Gasteiger partial charge in [0.25, 0.3) is 0 Å². The normalized spacial score (nSPS) is 16.6. The summed E-state index contributed by atoms with van der Waals surface area (Å²) in [6, 6.07) is 12.5. The van der Waals surface area contributed by atoms with Crippen molar-refractivity contribution in [2.45, 2.75) is 38.5 Å². The van der Waals surface area contributed by atoms with Crippen LogP contribution in [0.5, 0.6) is 0 Å². The number of fused-ring (bicyclic) bond motifs is 2. The summed E-state index contributed by atoms with van der Waals surface area (Å²) in [6.07, 6.45) is 4.39. The molecule has 35 heavy (non-hydrogen) atoms. The Bertz CT molecular complexity index is 1370. The number of nitrogens with one attached hydrogen (secondary N) is 1. The Morgan fingerprint density at radius 3 is 2.74 bits per heavy atom. The highest BCUT2D eigenvalue weighted by atomic mass is 19.1. The fourth-order valence-electron chi connectivity index (χ4n) is 5.24. The van der Waals surface area contributed by atoms with E-state index in [4.69, 9.17) is 10.3 Å². The molecule has 2 aromatic heterocycles. The highest BCUT2D eigenvalue weighted by Crippen LogP contribution is 2.34. The van der Waals surface area contributed by atoms with Crippen molar-refractivity contribution in [2.24, 2.45) is 17.6 Å². The van der Waals surface area contributed by atoms with Crippen molar-refractivity contribution >= 4 is 33.7 Å². The molecular weight excluding hydrogens is 447 g/mol. The second-order valence-electron chi connectivity index (χ2n) is 9.61. The number of hydrogen-bond donors (Lipinski definition) is 2. The first-order chi connectivity index (χ1) is 16.9.